The van der Waals surface area contributed by atoms with Crippen molar-refractivity contribution in [3.8, 4) is 5.75 Å². The smallest absolute Gasteiger partial charge is 0.257 e. The summed E-state index contributed by atoms with van der Waals surface area (Å²) >= 11 is 0. The Morgan fingerprint density at radius 1 is 1.04 bits per heavy atom. The average Bonchev–Trinajstić information content (AvgIpc) is 2.73. The molecule has 1 heterocycles. The molecule has 3 rings (SSSR count). The van der Waals surface area contributed by atoms with Gasteiger partial charge in [0.15, 0.2) is 0 Å². The molecule has 0 bridgehead atoms. The van der Waals surface area contributed by atoms with Gasteiger partial charge >= 0.3 is 0 Å². The van der Waals surface area contributed by atoms with Gasteiger partial charge in [-0.3, -0.25) is 9.78 Å². The summed E-state index contributed by atoms with van der Waals surface area (Å²) in [6.45, 7) is 0.823. The summed E-state index contributed by atoms with van der Waals surface area (Å²) in [5.41, 5.74) is 2.24. The summed E-state index contributed by atoms with van der Waals surface area (Å²) in [6, 6.07) is 21.0. The van der Waals surface area contributed by atoms with Gasteiger partial charge in [-0.05, 0) is 43.4 Å². The molecule has 3 aromatic rings. The molecule has 0 aliphatic rings. The molecule has 0 fully saturated rings. The summed E-state index contributed by atoms with van der Waals surface area (Å²) in [7, 11) is 1.92. The predicted molar refractivity (Wildman–Crippen MR) is 107 cm³/mol. The van der Waals surface area contributed by atoms with Crippen molar-refractivity contribution in [1.29, 1.82) is 0 Å². The number of aromatic nitrogens is 1. The predicted octanol–water partition coefficient (Wildman–Crippen LogP) is 4.06. The molecule has 0 aliphatic heterocycles. The molecule has 138 valence electrons. The van der Waals surface area contributed by atoms with E-state index in [2.05, 4.69) is 27.8 Å². The number of hydrogen-bond donors (Lipinski definition) is 2. The van der Waals surface area contributed by atoms with Crippen LogP contribution in [0.1, 0.15) is 28.4 Å². The molecule has 27 heavy (non-hydrogen) atoms. The average molecular weight is 361 g/mol. The number of hydrogen-bond acceptors (Lipinski definition) is 4. The number of carbonyl (C=O) groups is 1. The van der Waals surface area contributed by atoms with E-state index in [-0.39, 0.29) is 12.0 Å². The monoisotopic (exact) mass is 361 g/mol. The van der Waals surface area contributed by atoms with E-state index in [1.807, 2.05) is 49.5 Å². The van der Waals surface area contributed by atoms with Gasteiger partial charge in [-0.25, -0.2) is 0 Å². The van der Waals surface area contributed by atoms with Crippen molar-refractivity contribution in [2.24, 2.45) is 0 Å². The number of amides is 1. The zero-order valence-corrected chi connectivity index (χ0v) is 15.3. The van der Waals surface area contributed by atoms with Crippen LogP contribution in [0.15, 0.2) is 79.1 Å². The van der Waals surface area contributed by atoms with Gasteiger partial charge in [-0.15, -0.1) is 0 Å². The number of para-hydroxylation sites is 2. The molecule has 1 unspecified atom stereocenters. The van der Waals surface area contributed by atoms with Gasteiger partial charge in [0.1, 0.15) is 11.9 Å². The molecule has 0 saturated heterocycles. The second-order valence-electron chi connectivity index (χ2n) is 6.10. The van der Waals surface area contributed by atoms with Crippen molar-refractivity contribution in [2.45, 2.75) is 12.5 Å². The Kier molecular flexibility index (Phi) is 6.55. The lowest BCUT2D eigenvalue weighted by molar-refractivity contribution is 0.102. The third-order valence-electron chi connectivity index (χ3n) is 4.16. The number of benzene rings is 2. The van der Waals surface area contributed by atoms with Crippen LogP contribution in [0.2, 0.25) is 0 Å². The third-order valence-corrected chi connectivity index (χ3v) is 4.16. The molecule has 0 radical (unpaired) electrons. The van der Waals surface area contributed by atoms with Crippen LogP contribution < -0.4 is 15.4 Å². The van der Waals surface area contributed by atoms with Crippen LogP contribution in [0.25, 0.3) is 0 Å². The molecular weight excluding hydrogens is 338 g/mol. The number of anilines is 1. The molecule has 1 amide bonds. The molecule has 2 N–H and O–H groups in total. The standard InChI is InChI=1S/C22H23N3O2/c1-23-15-13-20(17-8-3-2-4-9-17)27-21-12-6-5-11-19(21)25-22(26)18-10-7-14-24-16-18/h2-12,14,16,20,23H,13,15H2,1H3,(H,25,26). The molecule has 1 aromatic heterocycles. The van der Waals surface area contributed by atoms with Gasteiger partial charge in [0, 0.05) is 18.8 Å². The van der Waals surface area contributed by atoms with Crippen molar-refractivity contribution in [3.05, 3.63) is 90.3 Å². The van der Waals surface area contributed by atoms with Gasteiger partial charge in [0.2, 0.25) is 0 Å². The third kappa shape index (κ3) is 5.15. The zero-order chi connectivity index (χ0) is 18.9. The number of nitrogens with zero attached hydrogens (tertiary/aromatic N) is 1. The molecule has 2 aromatic carbocycles. The van der Waals surface area contributed by atoms with Gasteiger partial charge in [0.25, 0.3) is 5.91 Å². The first-order valence-electron chi connectivity index (χ1n) is 8.94. The minimum atomic E-state index is -0.217. The summed E-state index contributed by atoms with van der Waals surface area (Å²) < 4.78 is 6.30. The highest BCUT2D eigenvalue weighted by Crippen LogP contribution is 2.31. The Hall–Kier alpha value is -3.18. The minimum Gasteiger partial charge on any atom is -0.484 e. The summed E-state index contributed by atoms with van der Waals surface area (Å²) in [4.78, 5) is 16.5. The molecule has 1 atom stereocenters. The molecule has 5 heteroatoms. The Labute approximate surface area is 159 Å². The highest BCUT2D eigenvalue weighted by atomic mass is 16.5. The minimum absolute atomic E-state index is 0.116. The lowest BCUT2D eigenvalue weighted by Gasteiger charge is -2.21. The van der Waals surface area contributed by atoms with Crippen LogP contribution >= 0.6 is 0 Å². The second-order valence-corrected chi connectivity index (χ2v) is 6.10. The number of nitrogens with one attached hydrogen (secondary N) is 2. The van der Waals surface area contributed by atoms with Gasteiger partial charge in [0.05, 0.1) is 11.3 Å². The SMILES string of the molecule is CNCCC(Oc1ccccc1NC(=O)c1cccnc1)c1ccccc1. The van der Waals surface area contributed by atoms with Crippen molar-refractivity contribution >= 4 is 11.6 Å². The first-order valence-corrected chi connectivity index (χ1v) is 8.94. The van der Waals surface area contributed by atoms with E-state index in [4.69, 9.17) is 4.74 Å². The van der Waals surface area contributed by atoms with E-state index in [1.165, 1.54) is 0 Å². The first kappa shape index (κ1) is 18.6. The fourth-order valence-corrected chi connectivity index (χ4v) is 2.75. The highest BCUT2D eigenvalue weighted by Gasteiger charge is 2.16. The second kappa shape index (κ2) is 9.50. The summed E-state index contributed by atoms with van der Waals surface area (Å²) in [6.07, 6.45) is 3.87. The highest BCUT2D eigenvalue weighted by molar-refractivity contribution is 6.04. The molecule has 0 spiro atoms. The summed E-state index contributed by atoms with van der Waals surface area (Å²) in [5.74, 6) is 0.422. The van der Waals surface area contributed by atoms with Crippen LogP contribution in [0.4, 0.5) is 5.69 Å². The number of pyridine rings is 1. The maximum Gasteiger partial charge on any atom is 0.257 e. The molecular formula is C22H23N3O2. The largest absolute Gasteiger partial charge is 0.484 e. The topological polar surface area (TPSA) is 63.2 Å². The van der Waals surface area contributed by atoms with E-state index in [9.17, 15) is 4.79 Å². The Morgan fingerprint density at radius 2 is 1.81 bits per heavy atom. The maximum atomic E-state index is 12.5. The van der Waals surface area contributed by atoms with Crippen LogP contribution in [-0.4, -0.2) is 24.5 Å². The number of carbonyl (C=O) groups excluding carboxylic acids is 1. The Bertz CT molecular complexity index is 854. The quantitative estimate of drug-likeness (QED) is 0.635. The Morgan fingerprint density at radius 3 is 2.56 bits per heavy atom. The van der Waals surface area contributed by atoms with E-state index < -0.39 is 0 Å². The molecule has 5 nitrogen and oxygen atoms in total. The van der Waals surface area contributed by atoms with Crippen molar-refractivity contribution in [2.75, 3.05) is 18.9 Å². The Balaban J connectivity index is 1.80. The van der Waals surface area contributed by atoms with E-state index in [0.29, 0.717) is 17.0 Å². The van der Waals surface area contributed by atoms with Crippen molar-refractivity contribution in [1.82, 2.24) is 10.3 Å². The van der Waals surface area contributed by atoms with Crippen LogP contribution in [-0.2, 0) is 0 Å². The van der Waals surface area contributed by atoms with Gasteiger partial charge < -0.3 is 15.4 Å². The van der Waals surface area contributed by atoms with Gasteiger partial charge in [-0.1, -0.05) is 42.5 Å². The van der Waals surface area contributed by atoms with Crippen LogP contribution in [0.3, 0.4) is 0 Å². The summed E-state index contributed by atoms with van der Waals surface area (Å²) in [5, 5.41) is 6.09. The van der Waals surface area contributed by atoms with Crippen LogP contribution in [0.5, 0.6) is 5.75 Å². The lowest BCUT2D eigenvalue weighted by atomic mass is 10.1. The number of ether oxygens (including phenoxy) is 1. The van der Waals surface area contributed by atoms with Gasteiger partial charge in [-0.2, -0.15) is 0 Å². The first-order chi connectivity index (χ1) is 13.3. The zero-order valence-electron chi connectivity index (χ0n) is 15.3. The lowest BCUT2D eigenvalue weighted by Crippen LogP contribution is -2.18. The van der Waals surface area contributed by atoms with E-state index in [0.717, 1.165) is 18.5 Å². The molecule has 0 aliphatic carbocycles. The van der Waals surface area contributed by atoms with Crippen LogP contribution in [0, 0.1) is 0 Å². The van der Waals surface area contributed by atoms with Crippen molar-refractivity contribution in [3.63, 3.8) is 0 Å². The van der Waals surface area contributed by atoms with Crippen molar-refractivity contribution < 1.29 is 9.53 Å². The fraction of sp³-hybridized carbons (Fsp3) is 0.182. The maximum absolute atomic E-state index is 12.5. The normalized spacial score (nSPS) is 11.6. The fourth-order valence-electron chi connectivity index (χ4n) is 2.75. The van der Waals surface area contributed by atoms with E-state index >= 15 is 0 Å². The van der Waals surface area contributed by atoms with E-state index in [1.54, 1.807) is 24.5 Å². The molecule has 0 saturated carbocycles. The number of rotatable bonds is 8.